The summed E-state index contributed by atoms with van der Waals surface area (Å²) in [7, 11) is 3.88. The van der Waals surface area contributed by atoms with Crippen molar-refractivity contribution < 1.29 is 39.1 Å². The third-order valence-corrected chi connectivity index (χ3v) is 11.7. The Morgan fingerprint density at radius 2 is 1.32 bits per heavy atom. The third kappa shape index (κ3) is 19.2. The number of likely N-dealkylation sites (tertiary alicyclic amines) is 2. The molecule has 0 spiro atoms. The Hall–Kier alpha value is -1.39. The molecule has 0 aromatic heterocycles. The molecule has 44 heavy (non-hydrogen) atoms. The molecular weight excluding hydrogens is 665 g/mol. The molecule has 0 saturated carbocycles. The quantitative estimate of drug-likeness (QED) is 0.0899. The number of rotatable bonds is 15. The van der Waals surface area contributed by atoms with Crippen LogP contribution in [0.1, 0.15) is 54.4 Å². The predicted molar refractivity (Wildman–Crippen MR) is 195 cm³/mol. The first kappa shape index (κ1) is 49.5. The van der Waals surface area contributed by atoms with Crippen LogP contribution in [-0.4, -0.2) is 107 Å². The number of carbonyl (C=O) groups excluding carboxylic acids is 2. The number of amides is 2. The number of hydrogen-bond acceptors (Lipinski definition) is 9. The zero-order valence-corrected chi connectivity index (χ0v) is 28.5. The zero-order valence-electron chi connectivity index (χ0n) is 24.4. The minimum absolute atomic E-state index is 0. The Morgan fingerprint density at radius 1 is 0.864 bits per heavy atom. The van der Waals surface area contributed by atoms with E-state index in [-0.39, 0.29) is 44.0 Å². The molecule has 258 valence electrons. The fourth-order valence-electron chi connectivity index (χ4n) is 3.80. The number of nitrogens with zero attached hydrogens (tertiary/aromatic N) is 2. The van der Waals surface area contributed by atoms with Crippen LogP contribution in [0.2, 0.25) is 0 Å². The lowest BCUT2D eigenvalue weighted by molar-refractivity contribution is -0.149. The Kier molecular flexibility index (Phi) is 32.7. The monoisotopic (exact) mass is 718 g/mol. The van der Waals surface area contributed by atoms with E-state index in [0.29, 0.717) is 43.2 Å². The van der Waals surface area contributed by atoms with E-state index >= 15 is 0 Å². The highest BCUT2D eigenvalue weighted by Gasteiger charge is 2.36. The smallest absolute Gasteiger partial charge is 0.326 e. The minimum atomic E-state index is -0.901. The lowest BCUT2D eigenvalue weighted by Crippen LogP contribution is -2.43. The van der Waals surface area contributed by atoms with E-state index in [1.165, 1.54) is 20.6 Å². The highest BCUT2D eigenvalue weighted by Crippen LogP contribution is 2.27. The number of aliphatic carboxylic acids is 2. The van der Waals surface area contributed by atoms with Crippen molar-refractivity contribution in [3.63, 3.8) is 0 Å². The summed E-state index contributed by atoms with van der Waals surface area (Å²) < 4.78 is 10.8. The summed E-state index contributed by atoms with van der Waals surface area (Å²) in [5, 5.41) is 17.9. The fraction of sp³-hybridized carbons (Fsp3) is 0.655. The van der Waals surface area contributed by atoms with E-state index in [2.05, 4.69) is 32.4 Å². The number of carbonyl (C=O) groups is 4. The maximum atomic E-state index is 12.1. The van der Waals surface area contributed by atoms with Gasteiger partial charge in [0.25, 0.3) is 0 Å². The molecule has 0 aromatic carbocycles. The Bertz CT molecular complexity index is 909. The van der Waals surface area contributed by atoms with Crippen LogP contribution in [0, 0.1) is 11.8 Å². The maximum Gasteiger partial charge on any atom is 0.326 e. The molecule has 2 aliphatic rings. The van der Waals surface area contributed by atoms with Gasteiger partial charge in [0.2, 0.25) is 11.8 Å². The van der Waals surface area contributed by atoms with Crippen molar-refractivity contribution in [1.29, 1.82) is 0 Å². The average molecular weight is 719 g/mol. The van der Waals surface area contributed by atoms with Gasteiger partial charge in [-0.2, -0.15) is 12.6 Å². The predicted octanol–water partition coefficient (Wildman–Crippen LogP) is 5.10. The van der Waals surface area contributed by atoms with Gasteiger partial charge in [0.05, 0.1) is 15.6 Å². The van der Waals surface area contributed by atoms with Crippen LogP contribution in [0.3, 0.4) is 0 Å². The highest BCUT2D eigenvalue weighted by atomic mass is 33.1. The van der Waals surface area contributed by atoms with Crippen molar-refractivity contribution >= 4 is 78.6 Å². The van der Waals surface area contributed by atoms with E-state index < -0.39 is 33.9 Å². The number of hydrogen-bond donors (Lipinski definition) is 3. The third-order valence-electron chi connectivity index (χ3n) is 5.92. The van der Waals surface area contributed by atoms with Gasteiger partial charge >= 0.3 is 11.9 Å². The molecule has 0 radical (unpaired) electrons. The normalized spacial score (nSPS) is 18.5. The molecule has 4 N–H and O–H groups in total. The van der Waals surface area contributed by atoms with Crippen molar-refractivity contribution in [2.45, 2.75) is 66.5 Å². The van der Waals surface area contributed by atoms with Gasteiger partial charge in [0.15, 0.2) is 0 Å². The van der Waals surface area contributed by atoms with E-state index in [1.807, 2.05) is 13.0 Å². The summed E-state index contributed by atoms with van der Waals surface area (Å²) in [5.41, 5.74) is 0. The van der Waals surface area contributed by atoms with Gasteiger partial charge in [-0.3, -0.25) is 9.59 Å². The Labute approximate surface area is 284 Å². The van der Waals surface area contributed by atoms with Gasteiger partial charge in [0.1, 0.15) is 12.1 Å². The summed E-state index contributed by atoms with van der Waals surface area (Å²) in [6, 6.07) is -1.24. The molecule has 0 aromatic rings. The molecule has 2 saturated heterocycles. The second-order valence-electron chi connectivity index (χ2n) is 9.23. The largest absolute Gasteiger partial charge is 0.480 e. The number of thiol groups is 1. The van der Waals surface area contributed by atoms with Crippen molar-refractivity contribution in [1.82, 2.24) is 9.80 Å². The van der Waals surface area contributed by atoms with Crippen LogP contribution in [0.4, 0.5) is 0 Å². The maximum absolute atomic E-state index is 12.1. The van der Waals surface area contributed by atoms with Gasteiger partial charge in [-0.05, 0) is 25.7 Å². The van der Waals surface area contributed by atoms with Crippen LogP contribution < -0.4 is 0 Å². The molecule has 2 aliphatic heterocycles. The summed E-state index contributed by atoms with van der Waals surface area (Å²) in [6.45, 7) is 15.4. The molecule has 1 unspecified atom stereocenters. The van der Waals surface area contributed by atoms with Crippen molar-refractivity contribution in [3.8, 4) is 0 Å². The van der Waals surface area contributed by atoms with Crippen LogP contribution >= 0.6 is 45.0 Å². The molecule has 0 aliphatic carbocycles. The van der Waals surface area contributed by atoms with E-state index in [1.54, 1.807) is 40.7 Å². The summed E-state index contributed by atoms with van der Waals surface area (Å²) >= 11 is 4.03. The van der Waals surface area contributed by atoms with Gasteiger partial charge in [-0.15, -0.1) is 19.7 Å². The fourth-order valence-corrected chi connectivity index (χ4v) is 7.93. The lowest BCUT2D eigenvalue weighted by Gasteiger charge is -2.24. The number of carboxylic acids is 2. The van der Waals surface area contributed by atoms with Gasteiger partial charge in [0, 0.05) is 47.9 Å². The molecule has 2 fully saturated rings. The van der Waals surface area contributed by atoms with Crippen molar-refractivity contribution in [3.05, 3.63) is 38.0 Å². The molecule has 10 nitrogen and oxygen atoms in total. The second-order valence-corrected chi connectivity index (χ2v) is 15.5. The van der Waals surface area contributed by atoms with Crippen molar-refractivity contribution in [2.75, 3.05) is 41.9 Å². The molecule has 2 rings (SSSR count). The Balaban J connectivity index is -0.000000278. The van der Waals surface area contributed by atoms with E-state index in [9.17, 15) is 23.4 Å². The first-order valence-corrected chi connectivity index (χ1v) is 19.2. The van der Waals surface area contributed by atoms with Crippen LogP contribution in [0.5, 0.6) is 0 Å². The average Bonchev–Trinajstić information content (AvgIpc) is 3.64. The molecule has 0 bridgehead atoms. The lowest BCUT2D eigenvalue weighted by atomic mass is 10.1. The van der Waals surface area contributed by atoms with E-state index in [0.717, 1.165) is 24.3 Å². The van der Waals surface area contributed by atoms with Gasteiger partial charge < -0.3 is 25.5 Å². The summed E-state index contributed by atoms with van der Waals surface area (Å²) in [5.74, 6) is 1.10. The standard InChI is InChI=1S/C12H19NO3S2.C9H15NO3S.C6H10OS2.2CH4.H2O/c1-3-7-17-18-8-9(2)11(14)13-6-4-5-10(13)12(15)16;1-6(5-14)8(11)10-4-2-3-7(10)9(12)13;1-3-5-8-9(7)6-4-2;;;/h3,9-10H,1,4-8H2,2H3,(H,15,16);6-7,14H,2-5H2,1H3,(H,12,13);3-4H,1-2,5-6H2;2*1H4;1H2/t9-,10-;6-,7-;;;;/m00..../s1. The summed E-state index contributed by atoms with van der Waals surface area (Å²) in [6.07, 6.45) is 7.94. The molecule has 15 heteroatoms. The first-order chi connectivity index (χ1) is 19.5. The van der Waals surface area contributed by atoms with Gasteiger partial charge in [-0.25, -0.2) is 13.8 Å². The molecule has 5 atom stereocenters. The highest BCUT2D eigenvalue weighted by molar-refractivity contribution is 8.76. The first-order valence-electron chi connectivity index (χ1n) is 13.2. The van der Waals surface area contributed by atoms with Crippen molar-refractivity contribution in [2.24, 2.45) is 11.8 Å². The second kappa shape index (κ2) is 29.0. The van der Waals surface area contributed by atoms with Crippen LogP contribution in [0.15, 0.2) is 38.0 Å². The van der Waals surface area contributed by atoms with E-state index in [4.69, 9.17) is 10.2 Å². The zero-order chi connectivity index (χ0) is 31.4. The minimum Gasteiger partial charge on any atom is -0.480 e. The topological polar surface area (TPSA) is 164 Å². The molecular formula is C29H54N2O8S5. The van der Waals surface area contributed by atoms with Crippen LogP contribution in [0.25, 0.3) is 0 Å². The van der Waals surface area contributed by atoms with Crippen LogP contribution in [-0.2, 0) is 29.0 Å². The number of carboxylic acid groups (broad SMARTS) is 2. The molecule has 2 heterocycles. The SMILES string of the molecule is C.C.C=CCSS(=O)CC=C.C=CCSSC[C@H](C)C(=O)N1CCC[C@H]1C(=O)O.C[C@@H](CS)C(=O)N1CCC[C@H]1C(=O)O.O. The molecule has 2 amide bonds. The Morgan fingerprint density at radius 3 is 1.70 bits per heavy atom. The summed E-state index contributed by atoms with van der Waals surface area (Å²) in [4.78, 5) is 48.7. The van der Waals surface area contributed by atoms with Gasteiger partial charge in [-0.1, -0.05) is 79.3 Å².